The van der Waals surface area contributed by atoms with E-state index in [1.165, 1.54) is 11.3 Å². The Morgan fingerprint density at radius 3 is 2.62 bits per heavy atom. The van der Waals surface area contributed by atoms with Gasteiger partial charge in [-0.2, -0.15) is 11.8 Å². The number of benzene rings is 2. The summed E-state index contributed by atoms with van der Waals surface area (Å²) < 4.78 is 0. The first-order chi connectivity index (χ1) is 12.6. The van der Waals surface area contributed by atoms with Crippen molar-refractivity contribution in [2.24, 2.45) is 0 Å². The van der Waals surface area contributed by atoms with Gasteiger partial charge in [-0.25, -0.2) is 0 Å². The molecule has 0 fully saturated rings. The van der Waals surface area contributed by atoms with E-state index < -0.39 is 6.10 Å². The van der Waals surface area contributed by atoms with E-state index in [-0.39, 0.29) is 5.91 Å². The van der Waals surface area contributed by atoms with E-state index in [9.17, 15) is 9.90 Å². The quantitative estimate of drug-likeness (QED) is 0.641. The van der Waals surface area contributed by atoms with Crippen LogP contribution in [0.5, 0.6) is 0 Å². The van der Waals surface area contributed by atoms with Crippen molar-refractivity contribution in [3.63, 3.8) is 0 Å². The molecule has 5 nitrogen and oxygen atoms in total. The molecule has 0 aliphatic heterocycles. The van der Waals surface area contributed by atoms with Crippen LogP contribution in [0, 0.1) is 6.92 Å². The van der Waals surface area contributed by atoms with Crippen LogP contribution in [-0.2, 0) is 5.75 Å². The van der Waals surface area contributed by atoms with Crippen LogP contribution < -0.4 is 5.32 Å². The molecule has 0 bridgehead atoms. The van der Waals surface area contributed by atoms with Crippen LogP contribution in [0.25, 0.3) is 0 Å². The van der Waals surface area contributed by atoms with Crippen molar-refractivity contribution in [1.82, 2.24) is 10.2 Å². The molecule has 0 saturated heterocycles. The number of anilines is 1. The number of nitrogens with zero attached hydrogens (tertiary/aromatic N) is 2. The molecule has 0 aliphatic carbocycles. The third-order valence-electron chi connectivity index (χ3n) is 3.66. The van der Waals surface area contributed by atoms with Gasteiger partial charge in [0.05, 0.1) is 6.10 Å². The van der Waals surface area contributed by atoms with Gasteiger partial charge in [0.2, 0.25) is 5.01 Å². The van der Waals surface area contributed by atoms with Crippen molar-refractivity contribution in [2.45, 2.75) is 18.8 Å². The second kappa shape index (κ2) is 8.93. The first-order valence-corrected chi connectivity index (χ1v) is 10.1. The van der Waals surface area contributed by atoms with Gasteiger partial charge in [0, 0.05) is 17.2 Å². The maximum atomic E-state index is 12.2. The van der Waals surface area contributed by atoms with Crippen molar-refractivity contribution in [1.29, 1.82) is 0 Å². The molecule has 0 radical (unpaired) electrons. The number of amides is 1. The van der Waals surface area contributed by atoms with Gasteiger partial charge in [-0.3, -0.25) is 4.79 Å². The first kappa shape index (κ1) is 18.6. The first-order valence-electron chi connectivity index (χ1n) is 8.13. The fourth-order valence-electron chi connectivity index (χ4n) is 2.25. The van der Waals surface area contributed by atoms with Gasteiger partial charge in [0.15, 0.2) is 0 Å². The number of aryl methyl sites for hydroxylation is 1. The standard InChI is InChI=1S/C19H19N3O2S2/c1-13-7-9-15(10-8-13)20-18(24)19-22-21-17(26-19)12-25-11-16(23)14-5-3-2-4-6-14/h2-10,16,23H,11-12H2,1H3,(H,20,24). The van der Waals surface area contributed by atoms with Gasteiger partial charge in [0.25, 0.3) is 5.91 Å². The predicted octanol–water partition coefficient (Wildman–Crippen LogP) is 4.07. The normalized spacial score (nSPS) is 11.9. The summed E-state index contributed by atoms with van der Waals surface area (Å²) in [6.45, 7) is 2.00. The lowest BCUT2D eigenvalue weighted by molar-refractivity contribution is 0.102. The molecule has 1 unspecified atom stereocenters. The molecule has 0 saturated carbocycles. The molecule has 7 heteroatoms. The topological polar surface area (TPSA) is 75.1 Å². The molecule has 0 spiro atoms. The van der Waals surface area contributed by atoms with E-state index in [0.717, 1.165) is 21.8 Å². The summed E-state index contributed by atoms with van der Waals surface area (Å²) in [7, 11) is 0. The number of thioether (sulfide) groups is 1. The van der Waals surface area contributed by atoms with Crippen LogP contribution in [0.4, 0.5) is 5.69 Å². The van der Waals surface area contributed by atoms with Gasteiger partial charge >= 0.3 is 0 Å². The van der Waals surface area contributed by atoms with Crippen molar-refractivity contribution in [2.75, 3.05) is 11.1 Å². The fourth-order valence-corrected chi connectivity index (χ4v) is 4.04. The fraction of sp³-hybridized carbons (Fsp3) is 0.211. The number of nitrogens with one attached hydrogen (secondary N) is 1. The molecule has 134 valence electrons. The zero-order valence-electron chi connectivity index (χ0n) is 14.3. The van der Waals surface area contributed by atoms with Crippen LogP contribution >= 0.6 is 23.1 Å². The van der Waals surface area contributed by atoms with Crippen molar-refractivity contribution in [3.05, 3.63) is 75.7 Å². The predicted molar refractivity (Wildman–Crippen MR) is 107 cm³/mol. The lowest BCUT2D eigenvalue weighted by Crippen LogP contribution is -2.11. The van der Waals surface area contributed by atoms with Gasteiger partial charge < -0.3 is 10.4 Å². The molecule has 1 atom stereocenters. The smallest absolute Gasteiger partial charge is 0.286 e. The summed E-state index contributed by atoms with van der Waals surface area (Å²) in [5, 5.41) is 22.1. The van der Waals surface area contributed by atoms with E-state index in [2.05, 4.69) is 15.5 Å². The van der Waals surface area contributed by atoms with Crippen LogP contribution in [0.15, 0.2) is 54.6 Å². The monoisotopic (exact) mass is 385 g/mol. The molecular formula is C19H19N3O2S2. The number of carbonyl (C=O) groups excluding carboxylic acids is 1. The molecule has 1 amide bonds. The van der Waals surface area contributed by atoms with Gasteiger partial charge in [-0.1, -0.05) is 59.4 Å². The maximum absolute atomic E-state index is 12.2. The Morgan fingerprint density at radius 2 is 1.88 bits per heavy atom. The molecule has 26 heavy (non-hydrogen) atoms. The summed E-state index contributed by atoms with van der Waals surface area (Å²) in [6.07, 6.45) is -0.515. The molecule has 3 rings (SSSR count). The number of rotatable bonds is 7. The molecule has 2 aromatic carbocycles. The maximum Gasteiger partial charge on any atom is 0.286 e. The zero-order chi connectivity index (χ0) is 18.4. The highest BCUT2D eigenvalue weighted by Crippen LogP contribution is 2.23. The van der Waals surface area contributed by atoms with E-state index in [1.54, 1.807) is 11.8 Å². The van der Waals surface area contributed by atoms with Crippen LogP contribution in [0.1, 0.15) is 32.0 Å². The second-order valence-corrected chi connectivity index (χ2v) is 7.86. The summed E-state index contributed by atoms with van der Waals surface area (Å²) in [5.74, 6) is 0.917. The molecule has 3 aromatic rings. The van der Waals surface area contributed by atoms with Crippen molar-refractivity contribution in [3.8, 4) is 0 Å². The number of aromatic nitrogens is 2. The average molecular weight is 386 g/mol. The van der Waals surface area contributed by atoms with E-state index in [4.69, 9.17) is 0 Å². The number of carbonyl (C=O) groups is 1. The SMILES string of the molecule is Cc1ccc(NC(=O)c2nnc(CSCC(O)c3ccccc3)s2)cc1. The highest BCUT2D eigenvalue weighted by atomic mass is 32.2. The largest absolute Gasteiger partial charge is 0.388 e. The lowest BCUT2D eigenvalue weighted by Gasteiger charge is -2.09. The number of hydrogen-bond acceptors (Lipinski definition) is 6. The minimum absolute atomic E-state index is 0.257. The molecule has 2 N–H and O–H groups in total. The lowest BCUT2D eigenvalue weighted by atomic mass is 10.1. The molecule has 0 aliphatic rings. The average Bonchev–Trinajstić information content (AvgIpc) is 3.13. The van der Waals surface area contributed by atoms with E-state index >= 15 is 0 Å². The molecular weight excluding hydrogens is 366 g/mol. The highest BCUT2D eigenvalue weighted by molar-refractivity contribution is 7.98. The Bertz CT molecular complexity index is 851. The minimum Gasteiger partial charge on any atom is -0.388 e. The van der Waals surface area contributed by atoms with Crippen molar-refractivity contribution >= 4 is 34.7 Å². The Balaban J connectivity index is 1.49. The van der Waals surface area contributed by atoms with Crippen molar-refractivity contribution < 1.29 is 9.90 Å². The van der Waals surface area contributed by atoms with Gasteiger partial charge in [0.1, 0.15) is 5.01 Å². The summed E-state index contributed by atoms with van der Waals surface area (Å²) in [5.41, 5.74) is 2.77. The number of hydrogen-bond donors (Lipinski definition) is 2. The Morgan fingerprint density at radius 1 is 1.15 bits per heavy atom. The van der Waals surface area contributed by atoms with Crippen LogP contribution in [0.3, 0.4) is 0 Å². The Hall–Kier alpha value is -2.22. The molecule has 1 heterocycles. The van der Waals surface area contributed by atoms with E-state index in [0.29, 0.717) is 16.5 Å². The second-order valence-electron chi connectivity index (χ2n) is 5.76. The minimum atomic E-state index is -0.515. The third-order valence-corrected chi connectivity index (χ3v) is 5.79. The Kier molecular flexibility index (Phi) is 6.38. The van der Waals surface area contributed by atoms with Gasteiger partial charge in [-0.05, 0) is 24.6 Å². The number of aliphatic hydroxyl groups is 1. The summed E-state index contributed by atoms with van der Waals surface area (Å²) >= 11 is 2.84. The third kappa shape index (κ3) is 5.14. The van der Waals surface area contributed by atoms with Crippen LogP contribution in [-0.4, -0.2) is 27.0 Å². The Labute approximate surface area is 160 Å². The highest BCUT2D eigenvalue weighted by Gasteiger charge is 2.14. The zero-order valence-corrected chi connectivity index (χ0v) is 15.9. The van der Waals surface area contributed by atoms with Crippen LogP contribution in [0.2, 0.25) is 0 Å². The number of aliphatic hydroxyl groups excluding tert-OH is 1. The molecule has 1 aromatic heterocycles. The van der Waals surface area contributed by atoms with E-state index in [1.807, 2.05) is 61.5 Å². The van der Waals surface area contributed by atoms with Gasteiger partial charge in [-0.15, -0.1) is 10.2 Å². The summed E-state index contributed by atoms with van der Waals surface area (Å²) in [6, 6.07) is 17.2. The summed E-state index contributed by atoms with van der Waals surface area (Å²) in [4.78, 5) is 12.2.